The number of nitrogens with one attached hydrogen (secondary N) is 1. The fourth-order valence-corrected chi connectivity index (χ4v) is 3.81. The standard InChI is InChI=1S/C17H22N2OS/c1-20-16-5-3-4-12-6-7-14(19-17(12)16)11-18-13-8-9-15(10-13)21-2/h3-7,13,15,18H,8-11H2,1-2H3. The minimum atomic E-state index is 0.637. The third-order valence-electron chi connectivity index (χ3n) is 4.25. The molecule has 0 spiro atoms. The van der Waals surface area contributed by atoms with Gasteiger partial charge in [-0.25, -0.2) is 4.98 Å². The van der Waals surface area contributed by atoms with Gasteiger partial charge in [0.25, 0.3) is 0 Å². The van der Waals surface area contributed by atoms with Crippen LogP contribution in [0.15, 0.2) is 30.3 Å². The van der Waals surface area contributed by atoms with E-state index in [9.17, 15) is 0 Å². The van der Waals surface area contributed by atoms with Gasteiger partial charge in [0.2, 0.25) is 0 Å². The Balaban J connectivity index is 1.70. The SMILES string of the molecule is COc1cccc2ccc(CNC3CCC(SC)C3)nc12. The Morgan fingerprint density at radius 1 is 1.29 bits per heavy atom. The largest absolute Gasteiger partial charge is 0.494 e. The summed E-state index contributed by atoms with van der Waals surface area (Å²) in [4.78, 5) is 4.75. The molecule has 3 nitrogen and oxygen atoms in total. The molecule has 1 aliphatic carbocycles. The summed E-state index contributed by atoms with van der Waals surface area (Å²) in [6, 6.07) is 10.9. The van der Waals surface area contributed by atoms with E-state index in [-0.39, 0.29) is 0 Å². The molecule has 112 valence electrons. The lowest BCUT2D eigenvalue weighted by atomic mass is 10.2. The van der Waals surface area contributed by atoms with Gasteiger partial charge in [-0.1, -0.05) is 18.2 Å². The van der Waals surface area contributed by atoms with Crippen LogP contribution in [0, 0.1) is 0 Å². The third-order valence-corrected chi connectivity index (χ3v) is 5.35. The molecule has 2 atom stereocenters. The maximum absolute atomic E-state index is 5.40. The Bertz CT molecular complexity index is 617. The average molecular weight is 302 g/mol. The number of hydrogen-bond acceptors (Lipinski definition) is 4. The summed E-state index contributed by atoms with van der Waals surface area (Å²) in [6.07, 6.45) is 6.10. The van der Waals surface area contributed by atoms with Gasteiger partial charge in [-0.05, 0) is 37.7 Å². The van der Waals surface area contributed by atoms with Crippen LogP contribution in [-0.4, -0.2) is 29.6 Å². The smallest absolute Gasteiger partial charge is 0.145 e. The van der Waals surface area contributed by atoms with Crippen LogP contribution in [0.1, 0.15) is 25.0 Å². The van der Waals surface area contributed by atoms with E-state index in [1.807, 2.05) is 23.9 Å². The Hall–Kier alpha value is -1.26. The van der Waals surface area contributed by atoms with Crippen LogP contribution in [0.5, 0.6) is 5.75 Å². The zero-order valence-corrected chi connectivity index (χ0v) is 13.5. The number of hydrogen-bond donors (Lipinski definition) is 1. The third kappa shape index (κ3) is 3.33. The van der Waals surface area contributed by atoms with Crippen molar-refractivity contribution in [1.29, 1.82) is 0 Å². The molecular weight excluding hydrogens is 280 g/mol. The van der Waals surface area contributed by atoms with E-state index < -0.39 is 0 Å². The van der Waals surface area contributed by atoms with Crippen molar-refractivity contribution in [3.63, 3.8) is 0 Å². The number of rotatable bonds is 5. The molecule has 0 aliphatic heterocycles. The van der Waals surface area contributed by atoms with Gasteiger partial charge in [0.15, 0.2) is 0 Å². The second kappa shape index (κ2) is 6.67. The summed E-state index contributed by atoms with van der Waals surface area (Å²) in [5.41, 5.74) is 2.03. The molecular formula is C17H22N2OS. The van der Waals surface area contributed by atoms with Crippen LogP contribution < -0.4 is 10.1 Å². The highest BCUT2D eigenvalue weighted by Gasteiger charge is 2.23. The van der Waals surface area contributed by atoms with Gasteiger partial charge < -0.3 is 10.1 Å². The van der Waals surface area contributed by atoms with Crippen molar-refractivity contribution in [1.82, 2.24) is 10.3 Å². The fraction of sp³-hybridized carbons (Fsp3) is 0.471. The van der Waals surface area contributed by atoms with Crippen molar-refractivity contribution >= 4 is 22.7 Å². The van der Waals surface area contributed by atoms with Gasteiger partial charge in [0, 0.05) is 23.2 Å². The number of pyridine rings is 1. The monoisotopic (exact) mass is 302 g/mol. The summed E-state index contributed by atoms with van der Waals surface area (Å²) in [5, 5.41) is 5.60. The van der Waals surface area contributed by atoms with Gasteiger partial charge in [-0.2, -0.15) is 11.8 Å². The molecule has 0 amide bonds. The summed E-state index contributed by atoms with van der Waals surface area (Å²) < 4.78 is 5.40. The fourth-order valence-electron chi connectivity index (χ4n) is 3.01. The van der Waals surface area contributed by atoms with E-state index in [1.54, 1.807) is 7.11 Å². The van der Waals surface area contributed by atoms with E-state index >= 15 is 0 Å². The minimum absolute atomic E-state index is 0.637. The van der Waals surface area contributed by atoms with Gasteiger partial charge in [-0.3, -0.25) is 0 Å². The highest BCUT2D eigenvalue weighted by atomic mass is 32.2. The highest BCUT2D eigenvalue weighted by molar-refractivity contribution is 7.99. The topological polar surface area (TPSA) is 34.1 Å². The number of methoxy groups -OCH3 is 1. The van der Waals surface area contributed by atoms with E-state index in [1.165, 1.54) is 19.3 Å². The molecule has 1 saturated carbocycles. The summed E-state index contributed by atoms with van der Waals surface area (Å²) >= 11 is 1.99. The van der Waals surface area contributed by atoms with Crippen molar-refractivity contribution in [2.45, 2.75) is 37.1 Å². The first-order valence-corrected chi connectivity index (χ1v) is 8.77. The Labute approximate surface area is 130 Å². The number of benzene rings is 1. The molecule has 4 heteroatoms. The quantitative estimate of drug-likeness (QED) is 0.915. The van der Waals surface area contributed by atoms with Crippen molar-refractivity contribution in [2.75, 3.05) is 13.4 Å². The molecule has 0 bridgehead atoms. The molecule has 3 rings (SSSR count). The maximum Gasteiger partial charge on any atom is 0.145 e. The summed E-state index contributed by atoms with van der Waals surface area (Å²) in [5.74, 6) is 0.845. The number of para-hydroxylation sites is 1. The lowest BCUT2D eigenvalue weighted by Crippen LogP contribution is -2.26. The van der Waals surface area contributed by atoms with E-state index in [2.05, 4.69) is 29.8 Å². The molecule has 1 N–H and O–H groups in total. The predicted octanol–water partition coefficient (Wildman–Crippen LogP) is 3.62. The van der Waals surface area contributed by atoms with Gasteiger partial charge in [0.05, 0.1) is 12.8 Å². The molecule has 2 unspecified atom stereocenters. The molecule has 0 saturated heterocycles. The predicted molar refractivity (Wildman–Crippen MR) is 90.1 cm³/mol. The summed E-state index contributed by atoms with van der Waals surface area (Å²) in [6.45, 7) is 0.833. The molecule has 2 aromatic rings. The number of ether oxygens (including phenoxy) is 1. The van der Waals surface area contributed by atoms with Gasteiger partial charge in [0.1, 0.15) is 11.3 Å². The van der Waals surface area contributed by atoms with Crippen LogP contribution in [0.3, 0.4) is 0 Å². The molecule has 1 aromatic heterocycles. The number of fused-ring (bicyclic) bond motifs is 1. The van der Waals surface area contributed by atoms with Crippen molar-refractivity contribution in [2.24, 2.45) is 0 Å². The van der Waals surface area contributed by atoms with Crippen molar-refractivity contribution in [3.05, 3.63) is 36.0 Å². The second-order valence-electron chi connectivity index (χ2n) is 5.58. The molecule has 1 fully saturated rings. The Kier molecular flexibility index (Phi) is 4.66. The molecule has 1 aromatic carbocycles. The zero-order chi connectivity index (χ0) is 14.7. The number of thioether (sulfide) groups is 1. The average Bonchev–Trinajstić information content (AvgIpc) is 3.00. The Morgan fingerprint density at radius 3 is 2.95 bits per heavy atom. The van der Waals surface area contributed by atoms with Gasteiger partial charge >= 0.3 is 0 Å². The first kappa shape index (κ1) is 14.7. The first-order valence-electron chi connectivity index (χ1n) is 7.49. The highest BCUT2D eigenvalue weighted by Crippen LogP contribution is 2.28. The lowest BCUT2D eigenvalue weighted by Gasteiger charge is -2.13. The zero-order valence-electron chi connectivity index (χ0n) is 12.6. The van der Waals surface area contributed by atoms with Crippen LogP contribution >= 0.6 is 11.8 Å². The first-order chi connectivity index (χ1) is 10.3. The normalized spacial score (nSPS) is 21.8. The van der Waals surface area contributed by atoms with Crippen molar-refractivity contribution < 1.29 is 4.74 Å². The molecule has 1 heterocycles. The van der Waals surface area contributed by atoms with Gasteiger partial charge in [-0.15, -0.1) is 0 Å². The minimum Gasteiger partial charge on any atom is -0.494 e. The molecule has 0 radical (unpaired) electrons. The van der Waals surface area contributed by atoms with Crippen LogP contribution in [0.2, 0.25) is 0 Å². The van der Waals surface area contributed by atoms with Crippen LogP contribution in [0.25, 0.3) is 10.9 Å². The maximum atomic E-state index is 5.40. The second-order valence-corrected chi connectivity index (χ2v) is 6.72. The molecule has 21 heavy (non-hydrogen) atoms. The van der Waals surface area contributed by atoms with Crippen molar-refractivity contribution in [3.8, 4) is 5.75 Å². The van der Waals surface area contributed by atoms with E-state index in [4.69, 9.17) is 9.72 Å². The van der Waals surface area contributed by atoms with Crippen LogP contribution in [0.4, 0.5) is 0 Å². The summed E-state index contributed by atoms with van der Waals surface area (Å²) in [7, 11) is 1.70. The Morgan fingerprint density at radius 2 is 2.19 bits per heavy atom. The number of nitrogens with zero attached hydrogens (tertiary/aromatic N) is 1. The van der Waals surface area contributed by atoms with Crippen LogP contribution in [-0.2, 0) is 6.54 Å². The van der Waals surface area contributed by atoms with E-state index in [0.717, 1.165) is 34.1 Å². The van der Waals surface area contributed by atoms with E-state index in [0.29, 0.717) is 6.04 Å². The molecule has 1 aliphatic rings. The lowest BCUT2D eigenvalue weighted by molar-refractivity contribution is 0.418. The number of aromatic nitrogens is 1.